The van der Waals surface area contributed by atoms with E-state index < -0.39 is 24.2 Å². The summed E-state index contributed by atoms with van der Waals surface area (Å²) in [6.07, 6.45) is -3.40. The number of rotatable bonds is 3. The Labute approximate surface area is 164 Å². The van der Waals surface area contributed by atoms with Gasteiger partial charge in [-0.05, 0) is 43.2 Å². The van der Waals surface area contributed by atoms with E-state index in [1.807, 2.05) is 26.0 Å². The minimum Gasteiger partial charge on any atom is -0.467 e. The van der Waals surface area contributed by atoms with E-state index >= 15 is 0 Å². The fourth-order valence-corrected chi connectivity index (χ4v) is 3.42. The van der Waals surface area contributed by atoms with Crippen LogP contribution in [-0.2, 0) is 0 Å². The Bertz CT molecular complexity index is 1040. The summed E-state index contributed by atoms with van der Waals surface area (Å²) in [7, 11) is 0. The van der Waals surface area contributed by atoms with Crippen molar-refractivity contribution >= 4 is 17.4 Å². The van der Waals surface area contributed by atoms with Crippen molar-refractivity contribution in [1.29, 1.82) is 0 Å². The summed E-state index contributed by atoms with van der Waals surface area (Å²) in [6.45, 7) is 3.72. The number of nitrogens with one attached hydrogen (secondary N) is 2. The predicted octanol–water partition coefficient (Wildman–Crippen LogP) is 5.01. The van der Waals surface area contributed by atoms with Gasteiger partial charge in [-0.15, -0.1) is 0 Å². The van der Waals surface area contributed by atoms with E-state index in [2.05, 4.69) is 15.7 Å². The quantitative estimate of drug-likeness (QED) is 0.644. The van der Waals surface area contributed by atoms with Crippen molar-refractivity contribution in [3.63, 3.8) is 0 Å². The number of amides is 1. The van der Waals surface area contributed by atoms with Crippen molar-refractivity contribution in [2.24, 2.45) is 0 Å². The summed E-state index contributed by atoms with van der Waals surface area (Å²) >= 11 is 0. The first-order valence-electron chi connectivity index (χ1n) is 9.07. The van der Waals surface area contributed by atoms with Crippen molar-refractivity contribution in [2.75, 3.05) is 10.6 Å². The van der Waals surface area contributed by atoms with E-state index in [-0.39, 0.29) is 17.9 Å². The van der Waals surface area contributed by atoms with Gasteiger partial charge < -0.3 is 15.1 Å². The minimum atomic E-state index is -4.52. The van der Waals surface area contributed by atoms with Gasteiger partial charge in [0.05, 0.1) is 12.3 Å². The first-order chi connectivity index (χ1) is 13.7. The normalized spacial score (nSPS) is 18.8. The fourth-order valence-electron chi connectivity index (χ4n) is 3.42. The number of alkyl halides is 3. The summed E-state index contributed by atoms with van der Waals surface area (Å²) in [5.74, 6) is -0.0583. The molecule has 6 nitrogen and oxygen atoms in total. The third-order valence-electron chi connectivity index (χ3n) is 4.95. The molecule has 29 heavy (non-hydrogen) atoms. The molecule has 0 fully saturated rings. The number of hydrogen-bond acceptors (Lipinski definition) is 4. The first kappa shape index (κ1) is 19.1. The molecule has 1 aliphatic heterocycles. The number of benzene rings is 1. The first-order valence-corrected chi connectivity index (χ1v) is 9.07. The van der Waals surface area contributed by atoms with Crippen LogP contribution in [0.1, 0.15) is 45.9 Å². The Hall–Kier alpha value is -3.23. The highest BCUT2D eigenvalue weighted by Gasteiger charge is 2.47. The van der Waals surface area contributed by atoms with E-state index in [0.717, 1.165) is 15.8 Å². The molecule has 9 heteroatoms. The van der Waals surface area contributed by atoms with Crippen LogP contribution in [0.15, 0.2) is 47.1 Å². The number of nitrogens with zero attached hydrogens (tertiary/aromatic N) is 2. The van der Waals surface area contributed by atoms with Crippen molar-refractivity contribution in [2.45, 2.75) is 38.5 Å². The molecule has 2 aromatic heterocycles. The van der Waals surface area contributed by atoms with Crippen LogP contribution in [0.4, 0.5) is 24.7 Å². The maximum Gasteiger partial charge on any atom is 0.410 e. The van der Waals surface area contributed by atoms with Crippen LogP contribution in [-0.4, -0.2) is 21.9 Å². The van der Waals surface area contributed by atoms with Gasteiger partial charge in [0.2, 0.25) is 0 Å². The number of fused-ring (bicyclic) bond motifs is 1. The van der Waals surface area contributed by atoms with Gasteiger partial charge in [0.1, 0.15) is 11.6 Å². The molecule has 3 heterocycles. The molecule has 0 unspecified atom stereocenters. The van der Waals surface area contributed by atoms with Crippen LogP contribution >= 0.6 is 0 Å². The van der Waals surface area contributed by atoms with Gasteiger partial charge in [-0.2, -0.15) is 18.3 Å². The highest BCUT2D eigenvalue weighted by atomic mass is 19.4. The molecule has 152 valence electrons. The van der Waals surface area contributed by atoms with Crippen molar-refractivity contribution in [3.05, 3.63) is 65.2 Å². The van der Waals surface area contributed by atoms with Crippen LogP contribution in [0.5, 0.6) is 0 Å². The largest absolute Gasteiger partial charge is 0.467 e. The summed E-state index contributed by atoms with van der Waals surface area (Å²) in [5.41, 5.74) is 2.30. The number of carbonyl (C=O) groups excluding carboxylic acids is 1. The zero-order chi connectivity index (χ0) is 20.8. The van der Waals surface area contributed by atoms with Crippen molar-refractivity contribution in [1.82, 2.24) is 9.78 Å². The third kappa shape index (κ3) is 3.72. The van der Waals surface area contributed by atoms with Crippen molar-refractivity contribution in [3.8, 4) is 0 Å². The lowest BCUT2D eigenvalue weighted by Gasteiger charge is -2.32. The number of halogens is 3. The van der Waals surface area contributed by atoms with Crippen LogP contribution in [0.3, 0.4) is 0 Å². The lowest BCUT2D eigenvalue weighted by atomic mass is 10.0. The molecule has 1 amide bonds. The van der Waals surface area contributed by atoms with E-state index in [0.29, 0.717) is 11.4 Å². The average Bonchev–Trinajstić information content (AvgIpc) is 3.32. The summed E-state index contributed by atoms with van der Waals surface area (Å²) in [6, 6.07) is 7.60. The van der Waals surface area contributed by atoms with E-state index in [1.165, 1.54) is 12.3 Å². The van der Waals surface area contributed by atoms with Gasteiger partial charge in [-0.25, -0.2) is 4.68 Å². The Morgan fingerprint density at radius 3 is 2.76 bits per heavy atom. The van der Waals surface area contributed by atoms with Gasteiger partial charge in [-0.1, -0.05) is 12.1 Å². The number of furan rings is 1. The molecule has 0 saturated carbocycles. The van der Waals surface area contributed by atoms with E-state index in [4.69, 9.17) is 4.42 Å². The average molecular weight is 404 g/mol. The summed E-state index contributed by atoms with van der Waals surface area (Å²) in [5, 5.41) is 9.67. The van der Waals surface area contributed by atoms with E-state index in [1.54, 1.807) is 18.2 Å². The lowest BCUT2D eigenvalue weighted by molar-refractivity contribution is -0.174. The van der Waals surface area contributed by atoms with Crippen LogP contribution < -0.4 is 10.6 Å². The Balaban J connectivity index is 1.65. The maximum absolute atomic E-state index is 13.7. The zero-order valence-corrected chi connectivity index (χ0v) is 15.7. The SMILES string of the molecule is Cc1ccc(C)c(NC(=O)c2cc3n(n2)[C@H](C(F)(F)F)C[C@@H](c2ccco2)N3)c1. The molecule has 1 aromatic carbocycles. The van der Waals surface area contributed by atoms with Gasteiger partial charge in [-0.3, -0.25) is 4.79 Å². The highest BCUT2D eigenvalue weighted by molar-refractivity contribution is 6.03. The number of hydrogen-bond donors (Lipinski definition) is 2. The van der Waals surface area contributed by atoms with Gasteiger partial charge >= 0.3 is 6.18 Å². The standard InChI is InChI=1S/C20H19F3N4O2/c1-11-5-6-12(2)13(8-11)25-19(28)15-10-18-24-14(16-4-3-7-29-16)9-17(20(21,22)23)27(18)26-15/h3-8,10,14,17,24H,9H2,1-2H3,(H,25,28)/t14-,17-/m0/s1. The third-order valence-corrected chi connectivity index (χ3v) is 4.95. The Kier molecular flexibility index (Phi) is 4.60. The van der Waals surface area contributed by atoms with Crippen LogP contribution in [0.25, 0.3) is 0 Å². The van der Waals surface area contributed by atoms with Gasteiger partial charge in [0.25, 0.3) is 5.91 Å². The smallest absolute Gasteiger partial charge is 0.410 e. The summed E-state index contributed by atoms with van der Waals surface area (Å²) in [4.78, 5) is 12.6. The van der Waals surface area contributed by atoms with Crippen LogP contribution in [0.2, 0.25) is 0 Å². The minimum absolute atomic E-state index is 0.0947. The number of aryl methyl sites for hydroxylation is 2. The highest BCUT2D eigenvalue weighted by Crippen LogP contribution is 2.43. The molecule has 0 bridgehead atoms. The Morgan fingerprint density at radius 2 is 2.07 bits per heavy atom. The Morgan fingerprint density at radius 1 is 1.28 bits per heavy atom. The summed E-state index contributed by atoms with van der Waals surface area (Å²) < 4.78 is 47.1. The molecule has 1 aliphatic rings. The van der Waals surface area contributed by atoms with Crippen LogP contribution in [0, 0.1) is 13.8 Å². The fraction of sp³-hybridized carbons (Fsp3) is 0.300. The maximum atomic E-state index is 13.7. The molecule has 2 atom stereocenters. The lowest BCUT2D eigenvalue weighted by Crippen LogP contribution is -2.35. The molecule has 2 N–H and O–H groups in total. The molecule has 0 spiro atoms. The molecular formula is C20H19F3N4O2. The second-order valence-electron chi connectivity index (χ2n) is 7.14. The molecule has 0 saturated heterocycles. The van der Waals surface area contributed by atoms with Gasteiger partial charge in [0, 0.05) is 18.2 Å². The molecular weight excluding hydrogens is 385 g/mol. The zero-order valence-electron chi connectivity index (χ0n) is 15.7. The molecule has 3 aromatic rings. The second-order valence-corrected chi connectivity index (χ2v) is 7.14. The topological polar surface area (TPSA) is 72.1 Å². The monoisotopic (exact) mass is 404 g/mol. The van der Waals surface area contributed by atoms with Gasteiger partial charge in [0.15, 0.2) is 11.7 Å². The molecule has 0 aliphatic carbocycles. The van der Waals surface area contributed by atoms with E-state index in [9.17, 15) is 18.0 Å². The van der Waals surface area contributed by atoms with Crippen molar-refractivity contribution < 1.29 is 22.4 Å². The molecule has 0 radical (unpaired) electrons. The number of aromatic nitrogens is 2. The second kappa shape index (κ2) is 6.98. The predicted molar refractivity (Wildman–Crippen MR) is 101 cm³/mol. The number of anilines is 2. The number of carbonyl (C=O) groups is 1. The molecule has 4 rings (SSSR count).